The summed E-state index contributed by atoms with van der Waals surface area (Å²) < 4.78 is 98.7. The fraction of sp³-hybridized carbons (Fsp3) is 0.625. The summed E-state index contributed by atoms with van der Waals surface area (Å²) in [7, 11) is 0. The van der Waals surface area contributed by atoms with Gasteiger partial charge in [-0.1, -0.05) is 6.58 Å². The summed E-state index contributed by atoms with van der Waals surface area (Å²) in [5, 5.41) is 8.11. The molecule has 0 atom stereocenters. The molecular formula is C8H6F8O2. The largest absolute Gasteiger partial charge is 0.478 e. The van der Waals surface area contributed by atoms with E-state index >= 15 is 0 Å². The van der Waals surface area contributed by atoms with Gasteiger partial charge >= 0.3 is 30.2 Å². The molecule has 0 radical (unpaired) electrons. The van der Waals surface area contributed by atoms with Crippen molar-refractivity contribution in [1.29, 1.82) is 0 Å². The van der Waals surface area contributed by atoms with Gasteiger partial charge in [0.25, 0.3) is 0 Å². The number of rotatable bonds is 6. The van der Waals surface area contributed by atoms with E-state index in [0.717, 1.165) is 0 Å². The van der Waals surface area contributed by atoms with Crippen LogP contribution in [-0.2, 0) is 4.79 Å². The maximum atomic E-state index is 12.8. The van der Waals surface area contributed by atoms with Crippen LogP contribution in [0.1, 0.15) is 6.42 Å². The molecule has 0 aromatic carbocycles. The molecule has 10 heteroatoms. The Hall–Kier alpha value is -1.35. The first-order chi connectivity index (χ1) is 7.77. The molecule has 1 N–H and O–H groups in total. The third-order valence-corrected chi connectivity index (χ3v) is 1.89. The second-order valence-corrected chi connectivity index (χ2v) is 3.29. The van der Waals surface area contributed by atoms with Crippen molar-refractivity contribution in [2.24, 2.45) is 0 Å². The van der Waals surface area contributed by atoms with Gasteiger partial charge in [-0.05, 0) is 0 Å². The van der Waals surface area contributed by atoms with E-state index in [-0.39, 0.29) is 0 Å². The second kappa shape index (κ2) is 4.73. The smallest absolute Gasteiger partial charge is 0.378 e. The van der Waals surface area contributed by atoms with Gasteiger partial charge < -0.3 is 5.11 Å². The van der Waals surface area contributed by atoms with Gasteiger partial charge in [0.2, 0.25) is 0 Å². The molecule has 0 aromatic rings. The van der Waals surface area contributed by atoms with Crippen LogP contribution in [-0.4, -0.2) is 35.3 Å². The zero-order valence-corrected chi connectivity index (χ0v) is 8.37. The van der Waals surface area contributed by atoms with Crippen LogP contribution in [0.3, 0.4) is 0 Å². The van der Waals surface area contributed by atoms with Crippen LogP contribution in [0.5, 0.6) is 0 Å². The van der Waals surface area contributed by atoms with E-state index in [2.05, 4.69) is 6.58 Å². The first-order valence-corrected chi connectivity index (χ1v) is 4.10. The minimum absolute atomic E-state index is 1.51. The highest BCUT2D eigenvalue weighted by Crippen LogP contribution is 2.50. The fourth-order valence-corrected chi connectivity index (χ4v) is 0.835. The molecule has 2 nitrogen and oxygen atoms in total. The SMILES string of the molecule is C=C(CC(F)(F)C(F)(F)C(F)(F)C(F)F)C(=O)O. The van der Waals surface area contributed by atoms with Crippen molar-refractivity contribution in [3.05, 3.63) is 12.2 Å². The van der Waals surface area contributed by atoms with Gasteiger partial charge in [0.15, 0.2) is 0 Å². The van der Waals surface area contributed by atoms with Crippen molar-refractivity contribution in [2.45, 2.75) is 30.6 Å². The lowest BCUT2D eigenvalue weighted by Crippen LogP contribution is -2.57. The molecule has 0 spiro atoms. The van der Waals surface area contributed by atoms with Gasteiger partial charge in [-0.25, -0.2) is 13.6 Å². The van der Waals surface area contributed by atoms with Crippen LogP contribution in [0.2, 0.25) is 0 Å². The van der Waals surface area contributed by atoms with Gasteiger partial charge in [-0.3, -0.25) is 0 Å². The number of hydrogen-bond acceptors (Lipinski definition) is 1. The zero-order valence-electron chi connectivity index (χ0n) is 8.37. The zero-order chi connectivity index (χ0) is 14.9. The minimum Gasteiger partial charge on any atom is -0.478 e. The highest BCUT2D eigenvalue weighted by Gasteiger charge is 2.75. The third kappa shape index (κ3) is 2.72. The highest BCUT2D eigenvalue weighted by molar-refractivity contribution is 5.85. The number of aliphatic carboxylic acids is 1. The lowest BCUT2D eigenvalue weighted by atomic mass is 9.98. The summed E-state index contributed by atoms with van der Waals surface area (Å²) >= 11 is 0. The van der Waals surface area contributed by atoms with E-state index in [0.29, 0.717) is 0 Å². The molecule has 0 aliphatic heterocycles. The lowest BCUT2D eigenvalue weighted by Gasteiger charge is -2.32. The maximum absolute atomic E-state index is 12.8. The molecule has 0 saturated heterocycles. The summed E-state index contributed by atoms with van der Waals surface area (Å²) in [5.74, 6) is -20.5. The third-order valence-electron chi connectivity index (χ3n) is 1.89. The average molecular weight is 286 g/mol. The van der Waals surface area contributed by atoms with Gasteiger partial charge in [0, 0.05) is 12.0 Å². The standard InChI is InChI=1S/C8H6F8O2/c1-3(4(17)18)2-6(11,12)8(15,16)7(13,14)5(9)10/h5H,1-2H2,(H,17,18). The van der Waals surface area contributed by atoms with Crippen molar-refractivity contribution >= 4 is 5.97 Å². The van der Waals surface area contributed by atoms with Crippen LogP contribution in [0.25, 0.3) is 0 Å². The molecule has 0 amide bonds. The van der Waals surface area contributed by atoms with Crippen molar-refractivity contribution in [2.75, 3.05) is 0 Å². The Labute approximate surface area is 94.9 Å². The fourth-order valence-electron chi connectivity index (χ4n) is 0.835. The molecule has 0 saturated carbocycles. The first kappa shape index (κ1) is 16.6. The summed E-state index contributed by atoms with van der Waals surface area (Å²) in [4.78, 5) is 10.1. The van der Waals surface area contributed by atoms with Crippen LogP contribution >= 0.6 is 0 Å². The van der Waals surface area contributed by atoms with Gasteiger partial charge in [0.1, 0.15) is 0 Å². The Kier molecular flexibility index (Phi) is 4.37. The van der Waals surface area contributed by atoms with Gasteiger partial charge in [-0.15, -0.1) is 0 Å². The number of carboxylic acid groups (broad SMARTS) is 1. The molecule has 0 aliphatic carbocycles. The molecule has 0 aromatic heterocycles. The quantitative estimate of drug-likeness (QED) is 0.601. The number of alkyl halides is 8. The van der Waals surface area contributed by atoms with Crippen LogP contribution in [0.15, 0.2) is 12.2 Å². The second-order valence-electron chi connectivity index (χ2n) is 3.29. The lowest BCUT2D eigenvalue weighted by molar-refractivity contribution is -0.337. The summed E-state index contributed by atoms with van der Waals surface area (Å²) in [5.41, 5.74) is -1.51. The van der Waals surface area contributed by atoms with Crippen LogP contribution in [0.4, 0.5) is 35.1 Å². The molecule has 18 heavy (non-hydrogen) atoms. The van der Waals surface area contributed by atoms with E-state index < -0.39 is 42.2 Å². The van der Waals surface area contributed by atoms with Crippen molar-refractivity contribution < 1.29 is 45.0 Å². The summed E-state index contributed by atoms with van der Waals surface area (Å²) in [6.07, 6.45) is -7.41. The Bertz CT molecular complexity index is 349. The number of carboxylic acids is 1. The number of hydrogen-bond donors (Lipinski definition) is 1. The number of carbonyl (C=O) groups is 1. The maximum Gasteiger partial charge on any atom is 0.378 e. The first-order valence-electron chi connectivity index (χ1n) is 4.10. The molecule has 106 valence electrons. The number of halogens is 8. The minimum atomic E-state index is -6.41. The van der Waals surface area contributed by atoms with Crippen molar-refractivity contribution in [1.82, 2.24) is 0 Å². The van der Waals surface area contributed by atoms with E-state index in [1.807, 2.05) is 0 Å². The van der Waals surface area contributed by atoms with E-state index in [9.17, 15) is 39.9 Å². The Morgan fingerprint density at radius 2 is 1.50 bits per heavy atom. The van der Waals surface area contributed by atoms with Gasteiger partial charge in [0.05, 0.1) is 0 Å². The monoisotopic (exact) mass is 286 g/mol. The van der Waals surface area contributed by atoms with E-state index in [1.54, 1.807) is 0 Å². The molecule has 0 fully saturated rings. The Morgan fingerprint density at radius 1 is 1.11 bits per heavy atom. The predicted molar refractivity (Wildman–Crippen MR) is 42.2 cm³/mol. The topological polar surface area (TPSA) is 37.3 Å². The molecule has 0 aliphatic rings. The van der Waals surface area contributed by atoms with Crippen molar-refractivity contribution in [3.63, 3.8) is 0 Å². The normalized spacial score (nSPS) is 13.8. The average Bonchev–Trinajstić information content (AvgIpc) is 2.15. The molecule has 0 unspecified atom stereocenters. The molecule has 0 heterocycles. The molecule has 0 rings (SSSR count). The van der Waals surface area contributed by atoms with Crippen LogP contribution in [0, 0.1) is 0 Å². The highest BCUT2D eigenvalue weighted by atomic mass is 19.4. The summed E-state index contributed by atoms with van der Waals surface area (Å²) in [6, 6.07) is 0. The Morgan fingerprint density at radius 3 is 1.78 bits per heavy atom. The van der Waals surface area contributed by atoms with E-state index in [4.69, 9.17) is 5.11 Å². The van der Waals surface area contributed by atoms with E-state index in [1.165, 1.54) is 0 Å². The van der Waals surface area contributed by atoms with Crippen molar-refractivity contribution in [3.8, 4) is 0 Å². The summed E-state index contributed by atoms with van der Waals surface area (Å²) in [6.45, 7) is 2.43. The Balaban J connectivity index is 5.32. The predicted octanol–water partition coefficient (Wildman–Crippen LogP) is 3.19. The van der Waals surface area contributed by atoms with Crippen LogP contribution < -0.4 is 0 Å². The molecular weight excluding hydrogens is 280 g/mol. The van der Waals surface area contributed by atoms with Gasteiger partial charge in [-0.2, -0.15) is 26.3 Å². The molecule has 0 bridgehead atoms.